The van der Waals surface area contributed by atoms with Crippen LogP contribution in [0.1, 0.15) is 36.9 Å². The highest BCUT2D eigenvalue weighted by atomic mass is 32.2. The third kappa shape index (κ3) is 3.27. The fourth-order valence-electron chi connectivity index (χ4n) is 4.49. The number of piperidine rings is 1. The van der Waals surface area contributed by atoms with Crippen LogP contribution in [0, 0.1) is 17.2 Å². The van der Waals surface area contributed by atoms with Gasteiger partial charge in [-0.2, -0.15) is 5.26 Å². The molecule has 2 atom stereocenters. The zero-order chi connectivity index (χ0) is 19.9. The van der Waals surface area contributed by atoms with Gasteiger partial charge in [-0.3, -0.25) is 4.79 Å². The van der Waals surface area contributed by atoms with Crippen LogP contribution in [0.2, 0.25) is 0 Å². The zero-order valence-corrected chi connectivity index (χ0v) is 16.7. The summed E-state index contributed by atoms with van der Waals surface area (Å²) in [5.74, 6) is 0.371. The summed E-state index contributed by atoms with van der Waals surface area (Å²) in [6, 6.07) is 12.9. The molecular formula is C21H23N3O3S. The highest BCUT2D eigenvalue weighted by Crippen LogP contribution is 2.36. The van der Waals surface area contributed by atoms with Crippen LogP contribution in [0.4, 0.5) is 0 Å². The summed E-state index contributed by atoms with van der Waals surface area (Å²) in [5, 5.41) is 9.12. The van der Waals surface area contributed by atoms with Gasteiger partial charge in [0.1, 0.15) is 0 Å². The fraction of sp³-hybridized carbons (Fsp3) is 0.429. The molecule has 146 valence electrons. The second-order valence-electron chi connectivity index (χ2n) is 7.71. The first kappa shape index (κ1) is 18.9. The van der Waals surface area contributed by atoms with Crippen molar-refractivity contribution in [3.05, 3.63) is 58.0 Å². The number of nitriles is 1. The smallest absolute Gasteiger partial charge is 0.258 e. The Labute approximate surface area is 165 Å². The molecule has 2 bridgehead atoms. The molecular weight excluding hydrogens is 374 g/mol. The molecule has 0 saturated carbocycles. The Bertz CT molecular complexity index is 1110. The third-order valence-electron chi connectivity index (χ3n) is 5.73. The number of sulfonamides is 1. The monoisotopic (exact) mass is 397 g/mol. The van der Waals surface area contributed by atoms with E-state index in [4.69, 9.17) is 5.26 Å². The van der Waals surface area contributed by atoms with Gasteiger partial charge in [0.05, 0.1) is 17.4 Å². The molecule has 0 spiro atoms. The average molecular weight is 398 g/mol. The van der Waals surface area contributed by atoms with Crippen LogP contribution in [-0.2, 0) is 16.6 Å². The maximum atomic E-state index is 13.2. The number of rotatable bonds is 4. The van der Waals surface area contributed by atoms with Gasteiger partial charge in [0.25, 0.3) is 5.56 Å². The van der Waals surface area contributed by atoms with E-state index in [9.17, 15) is 13.2 Å². The molecule has 6 nitrogen and oxygen atoms in total. The van der Waals surface area contributed by atoms with Crippen LogP contribution in [-0.4, -0.2) is 36.1 Å². The van der Waals surface area contributed by atoms with Gasteiger partial charge in [-0.1, -0.05) is 19.1 Å². The van der Waals surface area contributed by atoms with Gasteiger partial charge < -0.3 is 4.57 Å². The lowest BCUT2D eigenvalue weighted by Crippen LogP contribution is -2.49. The van der Waals surface area contributed by atoms with Crippen molar-refractivity contribution in [2.24, 2.45) is 5.92 Å². The molecule has 0 N–H and O–H groups in total. The molecule has 28 heavy (non-hydrogen) atoms. The Hall–Kier alpha value is -2.43. The molecule has 1 aromatic carbocycles. The van der Waals surface area contributed by atoms with E-state index in [-0.39, 0.29) is 23.1 Å². The van der Waals surface area contributed by atoms with E-state index >= 15 is 0 Å². The highest BCUT2D eigenvalue weighted by molar-refractivity contribution is 7.89. The highest BCUT2D eigenvalue weighted by Gasteiger charge is 2.38. The number of aromatic nitrogens is 1. The first-order valence-electron chi connectivity index (χ1n) is 9.65. The average Bonchev–Trinajstić information content (AvgIpc) is 2.68. The van der Waals surface area contributed by atoms with Crippen molar-refractivity contribution in [3.8, 4) is 17.2 Å². The summed E-state index contributed by atoms with van der Waals surface area (Å²) in [4.78, 5) is 13.2. The Kier molecular flexibility index (Phi) is 4.86. The molecule has 4 rings (SSSR count). The second kappa shape index (κ2) is 7.19. The summed E-state index contributed by atoms with van der Waals surface area (Å²) in [6.07, 6.45) is 1.52. The molecule has 3 heterocycles. The molecule has 2 aliphatic heterocycles. The first-order valence-corrected chi connectivity index (χ1v) is 11.3. The number of benzene rings is 1. The van der Waals surface area contributed by atoms with Gasteiger partial charge in [-0.05, 0) is 48.6 Å². The van der Waals surface area contributed by atoms with Gasteiger partial charge in [0.2, 0.25) is 10.0 Å². The summed E-state index contributed by atoms with van der Waals surface area (Å²) in [5.41, 5.74) is 2.69. The molecule has 2 unspecified atom stereocenters. The molecule has 7 heteroatoms. The SMILES string of the molecule is CCCS(=O)(=O)N1CC2CC(C1)c1ccc(-c3cccc(C#N)c3)c(=O)n1C2. The van der Waals surface area contributed by atoms with Crippen molar-refractivity contribution in [1.82, 2.24) is 8.87 Å². The van der Waals surface area contributed by atoms with Crippen LogP contribution >= 0.6 is 0 Å². The van der Waals surface area contributed by atoms with Gasteiger partial charge in [-0.25, -0.2) is 12.7 Å². The summed E-state index contributed by atoms with van der Waals surface area (Å²) >= 11 is 0. The predicted octanol–water partition coefficient (Wildman–Crippen LogP) is 2.55. The van der Waals surface area contributed by atoms with Crippen molar-refractivity contribution in [1.29, 1.82) is 5.26 Å². The quantitative estimate of drug-likeness (QED) is 0.794. The van der Waals surface area contributed by atoms with Crippen LogP contribution in [0.25, 0.3) is 11.1 Å². The Morgan fingerprint density at radius 1 is 1.18 bits per heavy atom. The number of pyridine rings is 1. The molecule has 1 aromatic heterocycles. The van der Waals surface area contributed by atoms with E-state index in [0.29, 0.717) is 37.2 Å². The minimum atomic E-state index is -3.23. The first-order chi connectivity index (χ1) is 13.4. The van der Waals surface area contributed by atoms with Crippen LogP contribution < -0.4 is 5.56 Å². The third-order valence-corrected chi connectivity index (χ3v) is 7.74. The summed E-state index contributed by atoms with van der Waals surface area (Å²) in [7, 11) is -3.23. The number of nitrogens with zero attached hydrogens (tertiary/aromatic N) is 3. The van der Waals surface area contributed by atoms with Gasteiger partial charge >= 0.3 is 0 Å². The normalized spacial score (nSPS) is 21.7. The topological polar surface area (TPSA) is 83.2 Å². The summed E-state index contributed by atoms with van der Waals surface area (Å²) in [6.45, 7) is 3.34. The fourth-order valence-corrected chi connectivity index (χ4v) is 6.11. The van der Waals surface area contributed by atoms with Crippen LogP contribution in [0.15, 0.2) is 41.2 Å². The van der Waals surface area contributed by atoms with Gasteiger partial charge in [-0.15, -0.1) is 0 Å². The maximum Gasteiger partial charge on any atom is 0.258 e. The molecule has 0 radical (unpaired) electrons. The number of hydrogen-bond donors (Lipinski definition) is 0. The van der Waals surface area contributed by atoms with E-state index in [1.165, 1.54) is 0 Å². The van der Waals surface area contributed by atoms with Crippen LogP contribution in [0.5, 0.6) is 0 Å². The Morgan fingerprint density at radius 3 is 2.75 bits per heavy atom. The number of fused-ring (bicyclic) bond motifs is 4. The Morgan fingerprint density at radius 2 is 2.00 bits per heavy atom. The van der Waals surface area contributed by atoms with Crippen molar-refractivity contribution < 1.29 is 8.42 Å². The zero-order valence-electron chi connectivity index (χ0n) is 15.8. The minimum Gasteiger partial charge on any atom is -0.311 e. The lowest BCUT2D eigenvalue weighted by Gasteiger charge is -2.42. The molecule has 1 fully saturated rings. The standard InChI is InChI=1S/C21H23N3O3S/c1-2-8-28(26,27)23-12-16-10-18(14-23)20-7-6-19(21(25)24(20)13-16)17-5-3-4-15(9-17)11-22/h3-7,9,16,18H,2,8,10,12-14H2,1H3. The van der Waals surface area contributed by atoms with Crippen molar-refractivity contribution in [2.45, 2.75) is 32.2 Å². The van der Waals surface area contributed by atoms with Crippen molar-refractivity contribution in [3.63, 3.8) is 0 Å². The Balaban J connectivity index is 1.71. The van der Waals surface area contributed by atoms with Gasteiger partial charge in [0.15, 0.2) is 0 Å². The minimum absolute atomic E-state index is 0.0475. The molecule has 0 aliphatic carbocycles. The largest absolute Gasteiger partial charge is 0.311 e. The molecule has 0 amide bonds. The van der Waals surface area contributed by atoms with E-state index in [1.807, 2.05) is 29.7 Å². The van der Waals surface area contributed by atoms with Crippen molar-refractivity contribution >= 4 is 10.0 Å². The van der Waals surface area contributed by atoms with E-state index < -0.39 is 10.0 Å². The van der Waals surface area contributed by atoms with E-state index in [1.54, 1.807) is 22.5 Å². The van der Waals surface area contributed by atoms with Gasteiger partial charge in [0, 0.05) is 36.8 Å². The predicted molar refractivity (Wildman–Crippen MR) is 107 cm³/mol. The van der Waals surface area contributed by atoms with E-state index in [0.717, 1.165) is 17.7 Å². The molecule has 2 aromatic rings. The van der Waals surface area contributed by atoms with Crippen LogP contribution in [0.3, 0.4) is 0 Å². The molecule has 1 saturated heterocycles. The second-order valence-corrected chi connectivity index (χ2v) is 9.80. The summed E-state index contributed by atoms with van der Waals surface area (Å²) < 4.78 is 28.5. The maximum absolute atomic E-state index is 13.2. The van der Waals surface area contributed by atoms with E-state index in [2.05, 4.69) is 6.07 Å². The lowest BCUT2D eigenvalue weighted by atomic mass is 9.84. The van der Waals surface area contributed by atoms with Crippen molar-refractivity contribution in [2.75, 3.05) is 18.8 Å². The lowest BCUT2D eigenvalue weighted by molar-refractivity contribution is 0.186. The molecule has 2 aliphatic rings. The number of hydrogen-bond acceptors (Lipinski definition) is 4.